The van der Waals surface area contributed by atoms with Gasteiger partial charge in [0.2, 0.25) is 0 Å². The van der Waals surface area contributed by atoms with E-state index in [2.05, 4.69) is 22.6 Å². The van der Waals surface area contributed by atoms with Crippen molar-refractivity contribution in [1.29, 1.82) is 0 Å². The predicted molar refractivity (Wildman–Crippen MR) is 59.4 cm³/mol. The number of hydrogen-bond acceptors (Lipinski definition) is 3. The summed E-state index contributed by atoms with van der Waals surface area (Å²) < 4.78 is 1.89. The molecule has 0 amide bonds. The van der Waals surface area contributed by atoms with Crippen LogP contribution >= 0.6 is 0 Å². The highest BCUT2D eigenvalue weighted by molar-refractivity contribution is 5.04. The van der Waals surface area contributed by atoms with Crippen molar-refractivity contribution < 1.29 is 0 Å². The van der Waals surface area contributed by atoms with Crippen molar-refractivity contribution >= 4 is 0 Å². The molecule has 1 aliphatic carbocycles. The van der Waals surface area contributed by atoms with E-state index in [-0.39, 0.29) is 0 Å². The maximum Gasteiger partial charge on any atom is 0.0756 e. The Bertz CT molecular complexity index is 301. The summed E-state index contributed by atoms with van der Waals surface area (Å²) in [7, 11) is 1.97. The zero-order chi connectivity index (χ0) is 10.7. The van der Waals surface area contributed by atoms with Crippen LogP contribution in [0.4, 0.5) is 0 Å². The van der Waals surface area contributed by atoms with Crippen molar-refractivity contribution in [1.82, 2.24) is 20.3 Å². The van der Waals surface area contributed by atoms with Crippen LogP contribution in [0.15, 0.2) is 6.20 Å². The quantitative estimate of drug-likeness (QED) is 0.818. The minimum absolute atomic E-state index is 0.442. The van der Waals surface area contributed by atoms with Crippen LogP contribution in [0.2, 0.25) is 0 Å². The summed E-state index contributed by atoms with van der Waals surface area (Å²) in [5.41, 5.74) is 1.23. The van der Waals surface area contributed by atoms with E-state index < -0.39 is 0 Å². The molecule has 0 aliphatic heterocycles. The van der Waals surface area contributed by atoms with Crippen LogP contribution in [0.5, 0.6) is 0 Å². The lowest BCUT2D eigenvalue weighted by Gasteiger charge is -2.23. The SMILES string of the molecule is CCNC(c1cnnn1C)C1CCCC1. The Morgan fingerprint density at radius 1 is 1.53 bits per heavy atom. The number of aryl methyl sites for hydroxylation is 1. The molecule has 0 bridgehead atoms. The lowest BCUT2D eigenvalue weighted by molar-refractivity contribution is 0.356. The van der Waals surface area contributed by atoms with E-state index in [1.165, 1.54) is 31.4 Å². The zero-order valence-electron chi connectivity index (χ0n) is 9.61. The van der Waals surface area contributed by atoms with Crippen molar-refractivity contribution in [3.8, 4) is 0 Å². The molecule has 4 heteroatoms. The highest BCUT2D eigenvalue weighted by Gasteiger charge is 2.27. The van der Waals surface area contributed by atoms with Crippen LogP contribution in [-0.4, -0.2) is 21.5 Å². The molecule has 0 aromatic carbocycles. The van der Waals surface area contributed by atoms with Gasteiger partial charge >= 0.3 is 0 Å². The van der Waals surface area contributed by atoms with Gasteiger partial charge in [-0.1, -0.05) is 25.0 Å². The first-order chi connectivity index (χ1) is 7.33. The summed E-state index contributed by atoms with van der Waals surface area (Å²) >= 11 is 0. The van der Waals surface area contributed by atoms with Crippen molar-refractivity contribution in [2.24, 2.45) is 13.0 Å². The molecule has 0 spiro atoms. The summed E-state index contributed by atoms with van der Waals surface area (Å²) in [5, 5.41) is 11.6. The summed E-state index contributed by atoms with van der Waals surface area (Å²) in [6.07, 6.45) is 7.31. The molecular weight excluding hydrogens is 188 g/mol. The number of nitrogens with zero attached hydrogens (tertiary/aromatic N) is 3. The van der Waals surface area contributed by atoms with Gasteiger partial charge in [0.1, 0.15) is 0 Å². The van der Waals surface area contributed by atoms with Gasteiger partial charge in [0.05, 0.1) is 17.9 Å². The second-order valence-electron chi connectivity index (χ2n) is 4.36. The molecule has 1 atom stereocenters. The van der Waals surface area contributed by atoms with Crippen LogP contribution in [0, 0.1) is 5.92 Å². The standard InChI is InChI=1S/C11H20N4/c1-3-12-11(9-6-4-5-7-9)10-8-13-14-15(10)2/h8-9,11-12H,3-7H2,1-2H3. The maximum atomic E-state index is 4.02. The van der Waals surface area contributed by atoms with E-state index in [0.717, 1.165) is 12.5 Å². The van der Waals surface area contributed by atoms with Crippen molar-refractivity contribution in [3.05, 3.63) is 11.9 Å². The van der Waals surface area contributed by atoms with E-state index >= 15 is 0 Å². The first-order valence-electron chi connectivity index (χ1n) is 5.91. The summed E-state index contributed by atoms with van der Waals surface area (Å²) in [4.78, 5) is 0. The van der Waals surface area contributed by atoms with Gasteiger partial charge in [0.25, 0.3) is 0 Å². The van der Waals surface area contributed by atoms with E-state index in [1.54, 1.807) is 0 Å². The first-order valence-corrected chi connectivity index (χ1v) is 5.91. The third kappa shape index (κ3) is 2.20. The number of aromatic nitrogens is 3. The van der Waals surface area contributed by atoms with Crippen molar-refractivity contribution in [2.75, 3.05) is 6.54 Å². The fraction of sp³-hybridized carbons (Fsp3) is 0.818. The summed E-state index contributed by atoms with van der Waals surface area (Å²) in [5.74, 6) is 0.766. The molecule has 1 unspecified atom stereocenters. The Labute approximate surface area is 91.1 Å². The molecule has 4 nitrogen and oxygen atoms in total. The first kappa shape index (κ1) is 10.6. The number of hydrogen-bond donors (Lipinski definition) is 1. The normalized spacial score (nSPS) is 19.6. The molecule has 1 fully saturated rings. The zero-order valence-corrected chi connectivity index (χ0v) is 9.61. The van der Waals surface area contributed by atoms with E-state index in [1.807, 2.05) is 17.9 Å². The van der Waals surface area contributed by atoms with Gasteiger partial charge in [0, 0.05) is 7.05 Å². The molecule has 1 N–H and O–H groups in total. The third-order valence-electron chi connectivity index (χ3n) is 3.36. The van der Waals surface area contributed by atoms with Gasteiger partial charge in [-0.2, -0.15) is 0 Å². The van der Waals surface area contributed by atoms with Gasteiger partial charge in [0.15, 0.2) is 0 Å². The molecule has 1 heterocycles. The molecular formula is C11H20N4. The molecule has 1 saturated carbocycles. The Morgan fingerprint density at radius 2 is 2.27 bits per heavy atom. The van der Waals surface area contributed by atoms with Crippen LogP contribution < -0.4 is 5.32 Å². The van der Waals surface area contributed by atoms with Gasteiger partial charge < -0.3 is 5.32 Å². The number of nitrogens with one attached hydrogen (secondary N) is 1. The average Bonchev–Trinajstić information content (AvgIpc) is 2.85. The second-order valence-corrected chi connectivity index (χ2v) is 4.36. The minimum atomic E-state index is 0.442. The fourth-order valence-electron chi connectivity index (χ4n) is 2.60. The van der Waals surface area contributed by atoms with Gasteiger partial charge in [-0.15, -0.1) is 5.10 Å². The largest absolute Gasteiger partial charge is 0.309 e. The topological polar surface area (TPSA) is 42.7 Å². The molecule has 2 rings (SSSR count). The van der Waals surface area contributed by atoms with Crippen molar-refractivity contribution in [2.45, 2.75) is 38.6 Å². The van der Waals surface area contributed by atoms with Gasteiger partial charge in [-0.05, 0) is 25.3 Å². The molecule has 15 heavy (non-hydrogen) atoms. The molecule has 1 aromatic heterocycles. The lowest BCUT2D eigenvalue weighted by atomic mass is 9.95. The Kier molecular flexibility index (Phi) is 3.36. The van der Waals surface area contributed by atoms with Crippen LogP contribution in [0.25, 0.3) is 0 Å². The number of rotatable bonds is 4. The molecule has 1 aromatic rings. The predicted octanol–water partition coefficient (Wildman–Crippen LogP) is 1.66. The monoisotopic (exact) mass is 208 g/mol. The van der Waals surface area contributed by atoms with Crippen LogP contribution in [0.1, 0.15) is 44.3 Å². The smallest absolute Gasteiger partial charge is 0.0756 e. The Balaban J connectivity index is 2.15. The Morgan fingerprint density at radius 3 is 2.80 bits per heavy atom. The second kappa shape index (κ2) is 4.75. The molecule has 1 aliphatic rings. The van der Waals surface area contributed by atoms with Crippen LogP contribution in [-0.2, 0) is 7.05 Å². The van der Waals surface area contributed by atoms with Crippen molar-refractivity contribution in [3.63, 3.8) is 0 Å². The lowest BCUT2D eigenvalue weighted by Crippen LogP contribution is -2.28. The van der Waals surface area contributed by atoms with E-state index in [4.69, 9.17) is 0 Å². The van der Waals surface area contributed by atoms with E-state index in [9.17, 15) is 0 Å². The fourth-order valence-corrected chi connectivity index (χ4v) is 2.60. The van der Waals surface area contributed by atoms with Gasteiger partial charge in [-0.3, -0.25) is 4.68 Å². The Hall–Kier alpha value is -0.900. The summed E-state index contributed by atoms with van der Waals surface area (Å²) in [6.45, 7) is 3.16. The third-order valence-corrected chi connectivity index (χ3v) is 3.36. The minimum Gasteiger partial charge on any atom is -0.309 e. The summed E-state index contributed by atoms with van der Waals surface area (Å²) in [6, 6.07) is 0.442. The van der Waals surface area contributed by atoms with E-state index in [0.29, 0.717) is 6.04 Å². The van der Waals surface area contributed by atoms with Crippen LogP contribution in [0.3, 0.4) is 0 Å². The highest BCUT2D eigenvalue weighted by Crippen LogP contribution is 2.35. The molecule has 0 saturated heterocycles. The molecule has 0 radical (unpaired) electrons. The van der Waals surface area contributed by atoms with Gasteiger partial charge in [-0.25, -0.2) is 0 Å². The maximum absolute atomic E-state index is 4.02. The average molecular weight is 208 g/mol. The molecule has 84 valence electrons. The highest BCUT2D eigenvalue weighted by atomic mass is 15.4.